The fourth-order valence-corrected chi connectivity index (χ4v) is 4.61. The summed E-state index contributed by atoms with van der Waals surface area (Å²) in [5.41, 5.74) is 1.90. The Morgan fingerprint density at radius 2 is 2.08 bits per heavy atom. The molecule has 2 aliphatic rings. The zero-order valence-electron chi connectivity index (χ0n) is 14.1. The van der Waals surface area contributed by atoms with Crippen LogP contribution < -0.4 is 0 Å². The molecule has 2 heterocycles. The van der Waals surface area contributed by atoms with Gasteiger partial charge in [0.25, 0.3) is 0 Å². The minimum atomic E-state index is -0.898. The Hall–Kier alpha value is -1.69. The standard InChI is InChI=1S/C18H24N2O3S/c1-12-16(18(22)23)24-17(19-12)14-7-9-20(10-8-14)15(21)11-13-5-3-2-4-6-13/h5,14H,2-4,6-11H2,1H3,(H,22,23). The number of amides is 1. The zero-order valence-corrected chi connectivity index (χ0v) is 14.9. The summed E-state index contributed by atoms with van der Waals surface area (Å²) >= 11 is 1.29. The van der Waals surface area contributed by atoms with Crippen LogP contribution in [0.3, 0.4) is 0 Å². The summed E-state index contributed by atoms with van der Waals surface area (Å²) in [6, 6.07) is 0. The lowest BCUT2D eigenvalue weighted by atomic mass is 9.94. The maximum Gasteiger partial charge on any atom is 0.347 e. The fraction of sp³-hybridized carbons (Fsp3) is 0.611. The third-order valence-electron chi connectivity index (χ3n) is 4.97. The van der Waals surface area contributed by atoms with Gasteiger partial charge in [0.05, 0.1) is 10.7 Å². The number of aromatic carboxylic acids is 1. The number of carbonyl (C=O) groups is 2. The first-order chi connectivity index (χ1) is 11.5. The maximum absolute atomic E-state index is 12.5. The van der Waals surface area contributed by atoms with Crippen molar-refractivity contribution in [3.63, 3.8) is 0 Å². The Bertz CT molecular complexity index is 657. The molecular formula is C18H24N2O3S. The molecule has 1 aliphatic heterocycles. The van der Waals surface area contributed by atoms with Gasteiger partial charge in [-0.05, 0) is 45.4 Å². The summed E-state index contributed by atoms with van der Waals surface area (Å²) in [4.78, 5) is 30.4. The highest BCUT2D eigenvalue weighted by molar-refractivity contribution is 7.13. The van der Waals surface area contributed by atoms with Crippen LogP contribution in [-0.4, -0.2) is 40.0 Å². The molecular weight excluding hydrogens is 324 g/mol. The van der Waals surface area contributed by atoms with E-state index in [1.807, 2.05) is 4.90 Å². The van der Waals surface area contributed by atoms with Crippen molar-refractivity contribution in [3.8, 4) is 0 Å². The molecule has 24 heavy (non-hydrogen) atoms. The van der Waals surface area contributed by atoms with Crippen LogP contribution in [0, 0.1) is 6.92 Å². The Morgan fingerprint density at radius 1 is 1.33 bits per heavy atom. The molecule has 0 bridgehead atoms. The van der Waals surface area contributed by atoms with Gasteiger partial charge in [-0.25, -0.2) is 9.78 Å². The summed E-state index contributed by atoms with van der Waals surface area (Å²) in [5.74, 6) is -0.382. The number of likely N-dealkylation sites (tertiary alicyclic amines) is 1. The number of hydrogen-bond acceptors (Lipinski definition) is 4. The van der Waals surface area contributed by atoms with Gasteiger partial charge in [-0.3, -0.25) is 4.79 Å². The number of aryl methyl sites for hydroxylation is 1. The lowest BCUT2D eigenvalue weighted by Gasteiger charge is -2.31. The molecule has 1 aliphatic carbocycles. The molecule has 0 saturated carbocycles. The highest BCUT2D eigenvalue weighted by Gasteiger charge is 2.27. The first-order valence-corrected chi connectivity index (χ1v) is 9.52. The number of piperidine rings is 1. The van der Waals surface area contributed by atoms with Gasteiger partial charge >= 0.3 is 5.97 Å². The van der Waals surface area contributed by atoms with Gasteiger partial charge in [-0.1, -0.05) is 11.6 Å². The Kier molecular flexibility index (Phi) is 5.33. The first kappa shape index (κ1) is 17.1. The monoisotopic (exact) mass is 348 g/mol. The van der Waals surface area contributed by atoms with Crippen molar-refractivity contribution in [3.05, 3.63) is 27.2 Å². The van der Waals surface area contributed by atoms with Crippen LogP contribution in [0.25, 0.3) is 0 Å². The zero-order chi connectivity index (χ0) is 17.1. The van der Waals surface area contributed by atoms with E-state index in [-0.39, 0.29) is 11.8 Å². The molecule has 1 aromatic heterocycles. The third kappa shape index (κ3) is 3.86. The molecule has 0 radical (unpaired) electrons. The van der Waals surface area contributed by atoms with Crippen LogP contribution in [0.5, 0.6) is 0 Å². The summed E-state index contributed by atoms with van der Waals surface area (Å²) in [6.45, 7) is 3.25. The van der Waals surface area contributed by atoms with Crippen LogP contribution in [0.1, 0.15) is 71.2 Å². The van der Waals surface area contributed by atoms with E-state index >= 15 is 0 Å². The minimum absolute atomic E-state index is 0.239. The fourth-order valence-electron chi connectivity index (χ4n) is 3.54. The number of hydrogen-bond donors (Lipinski definition) is 1. The molecule has 130 valence electrons. The molecule has 3 rings (SSSR count). The van der Waals surface area contributed by atoms with Crippen LogP contribution in [0.15, 0.2) is 11.6 Å². The molecule has 1 fully saturated rings. The molecule has 0 aromatic carbocycles. The highest BCUT2D eigenvalue weighted by Crippen LogP contribution is 2.33. The van der Waals surface area contributed by atoms with E-state index in [1.165, 1.54) is 29.8 Å². The molecule has 0 unspecified atom stereocenters. The Balaban J connectivity index is 1.55. The summed E-state index contributed by atoms with van der Waals surface area (Å²) in [5, 5.41) is 10.1. The first-order valence-electron chi connectivity index (χ1n) is 8.71. The van der Waals surface area contributed by atoms with Gasteiger partial charge in [0, 0.05) is 25.4 Å². The van der Waals surface area contributed by atoms with Crippen molar-refractivity contribution in [1.29, 1.82) is 0 Å². The van der Waals surface area contributed by atoms with Gasteiger partial charge < -0.3 is 10.0 Å². The molecule has 0 atom stereocenters. The maximum atomic E-state index is 12.5. The highest BCUT2D eigenvalue weighted by atomic mass is 32.1. The second-order valence-electron chi connectivity index (χ2n) is 6.71. The third-order valence-corrected chi connectivity index (χ3v) is 6.28. The summed E-state index contributed by atoms with van der Waals surface area (Å²) in [7, 11) is 0. The van der Waals surface area contributed by atoms with E-state index < -0.39 is 5.97 Å². The smallest absolute Gasteiger partial charge is 0.347 e. The van der Waals surface area contributed by atoms with Crippen LogP contribution >= 0.6 is 11.3 Å². The van der Waals surface area contributed by atoms with Crippen molar-refractivity contribution in [1.82, 2.24) is 9.88 Å². The van der Waals surface area contributed by atoms with Crippen molar-refractivity contribution < 1.29 is 14.7 Å². The normalized spacial score (nSPS) is 19.2. The molecule has 1 amide bonds. The second kappa shape index (κ2) is 7.47. The molecule has 1 saturated heterocycles. The number of carboxylic acid groups (broad SMARTS) is 1. The topological polar surface area (TPSA) is 70.5 Å². The molecule has 5 nitrogen and oxygen atoms in total. The van der Waals surface area contributed by atoms with Crippen LogP contribution in [0.4, 0.5) is 0 Å². The Labute approximate surface area is 146 Å². The lowest BCUT2D eigenvalue weighted by molar-refractivity contribution is -0.131. The molecule has 0 spiro atoms. The number of carbonyl (C=O) groups excluding carboxylic acids is 1. The Morgan fingerprint density at radius 3 is 2.67 bits per heavy atom. The number of rotatable bonds is 4. The SMILES string of the molecule is Cc1nc(C2CCN(C(=O)CC3=CCCCC3)CC2)sc1C(=O)O. The van der Waals surface area contributed by atoms with E-state index in [0.29, 0.717) is 17.0 Å². The van der Waals surface area contributed by atoms with Crippen molar-refractivity contribution >= 4 is 23.2 Å². The average molecular weight is 348 g/mol. The van der Waals surface area contributed by atoms with E-state index in [2.05, 4.69) is 11.1 Å². The van der Waals surface area contributed by atoms with Crippen molar-refractivity contribution in [2.75, 3.05) is 13.1 Å². The lowest BCUT2D eigenvalue weighted by Crippen LogP contribution is -2.38. The molecule has 1 N–H and O–H groups in total. The van der Waals surface area contributed by atoms with Crippen molar-refractivity contribution in [2.45, 2.75) is 57.8 Å². The van der Waals surface area contributed by atoms with Gasteiger partial charge in [-0.2, -0.15) is 0 Å². The number of aromatic nitrogens is 1. The van der Waals surface area contributed by atoms with Gasteiger partial charge in [-0.15, -0.1) is 11.3 Å². The van der Waals surface area contributed by atoms with Crippen LogP contribution in [0.2, 0.25) is 0 Å². The predicted molar refractivity (Wildman–Crippen MR) is 93.5 cm³/mol. The number of allylic oxidation sites excluding steroid dienone is 1. The second-order valence-corrected chi connectivity index (χ2v) is 7.74. The van der Waals surface area contributed by atoms with E-state index in [4.69, 9.17) is 5.11 Å². The van der Waals surface area contributed by atoms with E-state index in [0.717, 1.165) is 43.8 Å². The number of nitrogens with zero attached hydrogens (tertiary/aromatic N) is 2. The largest absolute Gasteiger partial charge is 0.477 e. The summed E-state index contributed by atoms with van der Waals surface area (Å²) in [6.07, 6.45) is 9.18. The van der Waals surface area contributed by atoms with Crippen LogP contribution in [-0.2, 0) is 4.79 Å². The van der Waals surface area contributed by atoms with Crippen molar-refractivity contribution in [2.24, 2.45) is 0 Å². The van der Waals surface area contributed by atoms with Gasteiger partial charge in [0.2, 0.25) is 5.91 Å². The van der Waals surface area contributed by atoms with E-state index in [1.54, 1.807) is 6.92 Å². The average Bonchev–Trinajstić information content (AvgIpc) is 2.98. The van der Waals surface area contributed by atoms with E-state index in [9.17, 15) is 9.59 Å². The summed E-state index contributed by atoms with van der Waals surface area (Å²) < 4.78 is 0. The predicted octanol–water partition coefficient (Wildman–Crippen LogP) is 3.75. The number of carboxylic acids is 1. The molecule has 1 aromatic rings. The molecule has 6 heteroatoms. The van der Waals surface area contributed by atoms with Gasteiger partial charge in [0.15, 0.2) is 0 Å². The minimum Gasteiger partial charge on any atom is -0.477 e. The number of thiazole rings is 1. The quantitative estimate of drug-likeness (QED) is 0.841. The van der Waals surface area contributed by atoms with Gasteiger partial charge in [0.1, 0.15) is 4.88 Å².